The topological polar surface area (TPSA) is 66.4 Å². The van der Waals surface area contributed by atoms with Crippen molar-refractivity contribution in [3.05, 3.63) is 33.8 Å². The lowest BCUT2D eigenvalue weighted by Crippen LogP contribution is -2.24. The number of benzene rings is 1. The number of carboxylic acid groups (broad SMARTS) is 1. The van der Waals surface area contributed by atoms with E-state index in [-0.39, 0.29) is 29.4 Å². The molecule has 1 aromatic rings. The first kappa shape index (κ1) is 16.5. The highest BCUT2D eigenvalue weighted by Gasteiger charge is 2.33. The second-order valence-corrected chi connectivity index (χ2v) is 4.89. The van der Waals surface area contributed by atoms with Crippen molar-refractivity contribution in [1.82, 2.24) is 5.32 Å². The number of nitrogens with one attached hydrogen (secondary N) is 1. The summed E-state index contributed by atoms with van der Waals surface area (Å²) in [4.78, 5) is 21.6. The number of carbonyl (C=O) groups excluding carboxylic acids is 1. The van der Waals surface area contributed by atoms with E-state index in [0.717, 1.165) is 6.07 Å². The van der Waals surface area contributed by atoms with Crippen molar-refractivity contribution in [2.45, 2.75) is 25.6 Å². The Morgan fingerprint density at radius 3 is 2.45 bits per heavy atom. The summed E-state index contributed by atoms with van der Waals surface area (Å²) >= 11 is 2.96. The molecular formula is C12H11BrF3NO3. The summed E-state index contributed by atoms with van der Waals surface area (Å²) in [7, 11) is 0. The fourth-order valence-corrected chi connectivity index (χ4v) is 1.83. The Morgan fingerprint density at radius 2 is 1.90 bits per heavy atom. The third-order valence-electron chi connectivity index (χ3n) is 2.42. The monoisotopic (exact) mass is 353 g/mol. The number of hydrogen-bond acceptors (Lipinski definition) is 2. The molecule has 0 aliphatic rings. The Morgan fingerprint density at radius 1 is 1.25 bits per heavy atom. The van der Waals surface area contributed by atoms with Crippen LogP contribution in [0.4, 0.5) is 13.2 Å². The van der Waals surface area contributed by atoms with Crippen LogP contribution in [-0.2, 0) is 22.3 Å². The van der Waals surface area contributed by atoms with E-state index < -0.39 is 23.6 Å². The van der Waals surface area contributed by atoms with Crippen molar-refractivity contribution in [2.24, 2.45) is 0 Å². The summed E-state index contributed by atoms with van der Waals surface area (Å²) in [6, 6.07) is 3.62. The number of amides is 1. The van der Waals surface area contributed by atoms with Gasteiger partial charge in [-0.1, -0.05) is 22.0 Å². The molecule has 4 nitrogen and oxygen atoms in total. The smallest absolute Gasteiger partial charge is 0.416 e. The van der Waals surface area contributed by atoms with Crippen LogP contribution < -0.4 is 5.32 Å². The Hall–Kier alpha value is -1.57. The van der Waals surface area contributed by atoms with E-state index in [9.17, 15) is 22.8 Å². The largest absolute Gasteiger partial charge is 0.481 e. The number of hydrogen-bond donors (Lipinski definition) is 2. The van der Waals surface area contributed by atoms with Gasteiger partial charge < -0.3 is 10.4 Å². The van der Waals surface area contributed by atoms with Gasteiger partial charge in [0.05, 0.1) is 12.0 Å². The molecule has 20 heavy (non-hydrogen) atoms. The number of halogens is 4. The number of carbonyl (C=O) groups is 2. The predicted molar refractivity (Wildman–Crippen MR) is 67.9 cm³/mol. The average molecular weight is 354 g/mol. The zero-order valence-electron chi connectivity index (χ0n) is 10.1. The van der Waals surface area contributed by atoms with Gasteiger partial charge in [0.2, 0.25) is 5.91 Å². The summed E-state index contributed by atoms with van der Waals surface area (Å²) < 4.78 is 38.7. The van der Waals surface area contributed by atoms with E-state index in [1.807, 2.05) is 0 Å². The lowest BCUT2D eigenvalue weighted by molar-refractivity contribution is -0.138. The van der Waals surface area contributed by atoms with Gasteiger partial charge in [-0.25, -0.2) is 0 Å². The lowest BCUT2D eigenvalue weighted by atomic mass is 10.1. The molecule has 0 bridgehead atoms. The maximum absolute atomic E-state index is 12.8. The third-order valence-corrected chi connectivity index (χ3v) is 2.91. The predicted octanol–water partition coefficient (Wildman–Crippen LogP) is 2.95. The van der Waals surface area contributed by atoms with Crippen molar-refractivity contribution < 1.29 is 27.9 Å². The maximum atomic E-state index is 12.8. The van der Waals surface area contributed by atoms with E-state index in [2.05, 4.69) is 21.2 Å². The van der Waals surface area contributed by atoms with Crippen molar-refractivity contribution in [3.8, 4) is 0 Å². The molecule has 0 aliphatic carbocycles. The van der Waals surface area contributed by atoms with E-state index in [0.29, 0.717) is 0 Å². The molecule has 0 saturated carbocycles. The van der Waals surface area contributed by atoms with Gasteiger partial charge >= 0.3 is 12.1 Å². The van der Waals surface area contributed by atoms with Gasteiger partial charge in [-0.2, -0.15) is 13.2 Å². The first-order valence-corrected chi connectivity index (χ1v) is 6.33. The van der Waals surface area contributed by atoms with Crippen LogP contribution in [0.1, 0.15) is 24.0 Å². The van der Waals surface area contributed by atoms with Gasteiger partial charge in [0.15, 0.2) is 0 Å². The molecule has 0 radical (unpaired) electrons. The van der Waals surface area contributed by atoms with Gasteiger partial charge in [-0.15, -0.1) is 0 Å². The maximum Gasteiger partial charge on any atom is 0.416 e. The molecule has 0 atom stereocenters. The molecular weight excluding hydrogens is 343 g/mol. The van der Waals surface area contributed by atoms with Crippen LogP contribution in [0.25, 0.3) is 0 Å². The average Bonchev–Trinajstić information content (AvgIpc) is 2.33. The van der Waals surface area contributed by atoms with Crippen LogP contribution in [0.3, 0.4) is 0 Å². The Labute approximate surface area is 121 Å². The van der Waals surface area contributed by atoms with Crippen LogP contribution in [0, 0.1) is 0 Å². The highest BCUT2D eigenvalue weighted by Crippen LogP contribution is 2.33. The second-order valence-electron chi connectivity index (χ2n) is 3.97. The Balaban J connectivity index is 2.73. The van der Waals surface area contributed by atoms with Gasteiger partial charge in [0.25, 0.3) is 0 Å². The van der Waals surface area contributed by atoms with Crippen molar-refractivity contribution >= 4 is 27.8 Å². The van der Waals surface area contributed by atoms with Gasteiger partial charge in [-0.05, 0) is 17.7 Å². The molecule has 1 rings (SSSR count). The number of aliphatic carboxylic acids is 1. The zero-order chi connectivity index (χ0) is 15.3. The summed E-state index contributed by atoms with van der Waals surface area (Å²) in [6.45, 7) is -0.305. The summed E-state index contributed by atoms with van der Waals surface area (Å²) in [5.41, 5.74) is -0.921. The Bertz CT molecular complexity index is 517. The molecule has 2 N–H and O–H groups in total. The Kier molecular flexibility index (Phi) is 5.55. The van der Waals surface area contributed by atoms with Crippen molar-refractivity contribution in [1.29, 1.82) is 0 Å². The highest BCUT2D eigenvalue weighted by molar-refractivity contribution is 9.10. The normalized spacial score (nSPS) is 11.2. The lowest BCUT2D eigenvalue weighted by Gasteiger charge is -2.14. The number of alkyl halides is 3. The summed E-state index contributed by atoms with van der Waals surface area (Å²) in [6.07, 6.45) is -5.16. The van der Waals surface area contributed by atoms with Crippen LogP contribution in [-0.4, -0.2) is 17.0 Å². The summed E-state index contributed by atoms with van der Waals surface area (Å²) in [5.74, 6) is -1.75. The first-order valence-electron chi connectivity index (χ1n) is 5.54. The van der Waals surface area contributed by atoms with Crippen LogP contribution in [0.5, 0.6) is 0 Å². The minimum absolute atomic E-state index is 0.0793. The molecule has 0 heterocycles. The van der Waals surface area contributed by atoms with E-state index in [4.69, 9.17) is 5.11 Å². The van der Waals surface area contributed by atoms with Crippen molar-refractivity contribution in [2.75, 3.05) is 0 Å². The van der Waals surface area contributed by atoms with E-state index in [1.54, 1.807) is 0 Å². The fourth-order valence-electron chi connectivity index (χ4n) is 1.47. The quantitative estimate of drug-likeness (QED) is 0.855. The molecule has 8 heteroatoms. The van der Waals surface area contributed by atoms with Crippen LogP contribution in [0.2, 0.25) is 0 Å². The second kappa shape index (κ2) is 6.74. The molecule has 0 fully saturated rings. The molecule has 0 aromatic heterocycles. The standard InChI is InChI=1S/C12H11BrF3NO3/c13-8-2-1-7(9(5-8)12(14,15)16)6-17-10(18)3-4-11(19)20/h1-2,5H,3-4,6H2,(H,17,18)(H,19,20). The minimum atomic E-state index is -4.52. The number of carboxylic acids is 1. The summed E-state index contributed by atoms with van der Waals surface area (Å²) in [5, 5.41) is 10.7. The van der Waals surface area contributed by atoms with Crippen LogP contribution in [0.15, 0.2) is 22.7 Å². The van der Waals surface area contributed by atoms with E-state index in [1.165, 1.54) is 12.1 Å². The van der Waals surface area contributed by atoms with E-state index >= 15 is 0 Å². The molecule has 1 aromatic carbocycles. The van der Waals surface area contributed by atoms with Gasteiger partial charge in [0.1, 0.15) is 0 Å². The molecule has 110 valence electrons. The van der Waals surface area contributed by atoms with Gasteiger partial charge in [0, 0.05) is 17.4 Å². The highest BCUT2D eigenvalue weighted by atomic mass is 79.9. The SMILES string of the molecule is O=C(O)CCC(=O)NCc1ccc(Br)cc1C(F)(F)F. The van der Waals surface area contributed by atoms with Crippen molar-refractivity contribution in [3.63, 3.8) is 0 Å². The molecule has 0 saturated heterocycles. The minimum Gasteiger partial charge on any atom is -0.481 e. The molecule has 1 amide bonds. The molecule has 0 aliphatic heterocycles. The molecule has 0 spiro atoms. The fraction of sp³-hybridized carbons (Fsp3) is 0.333. The third kappa shape index (κ3) is 5.20. The first-order chi connectivity index (χ1) is 9.20. The van der Waals surface area contributed by atoms with Gasteiger partial charge in [-0.3, -0.25) is 9.59 Å². The number of rotatable bonds is 5. The molecule has 0 unspecified atom stereocenters. The zero-order valence-corrected chi connectivity index (χ0v) is 11.7. The van der Waals surface area contributed by atoms with Crippen LogP contribution >= 0.6 is 15.9 Å².